The summed E-state index contributed by atoms with van der Waals surface area (Å²) >= 11 is 0. The molecule has 0 atom stereocenters. The largest absolute Gasteiger partial charge is 0.336 e. The maximum Gasteiger partial charge on any atom is 0.281 e. The van der Waals surface area contributed by atoms with Gasteiger partial charge < -0.3 is 4.57 Å². The van der Waals surface area contributed by atoms with Gasteiger partial charge in [-0.1, -0.05) is 26.0 Å². The lowest BCUT2D eigenvalue weighted by Crippen LogP contribution is -2.32. The molecule has 1 aromatic carbocycles. The number of nitrogen functional groups attached to an aromatic ring is 1. The van der Waals surface area contributed by atoms with Gasteiger partial charge in [-0.3, -0.25) is 10.2 Å². The number of rotatable bonds is 5. The molecule has 1 aromatic heterocycles. The highest BCUT2D eigenvalue weighted by molar-refractivity contribution is 5.92. The van der Waals surface area contributed by atoms with Crippen LogP contribution in [-0.4, -0.2) is 10.5 Å². The number of halogens is 1. The van der Waals surface area contributed by atoms with Gasteiger partial charge in [0.1, 0.15) is 11.5 Å². The van der Waals surface area contributed by atoms with Crippen LogP contribution in [-0.2, 0) is 13.0 Å². The first-order chi connectivity index (χ1) is 10.0. The van der Waals surface area contributed by atoms with Gasteiger partial charge in [-0.2, -0.15) is 0 Å². The minimum Gasteiger partial charge on any atom is -0.336 e. The molecule has 4 nitrogen and oxygen atoms in total. The lowest BCUT2D eigenvalue weighted by atomic mass is 10.1. The lowest BCUT2D eigenvalue weighted by Gasteiger charge is -2.14. The Hall–Kier alpha value is -2.14. The van der Waals surface area contributed by atoms with Gasteiger partial charge in [0.2, 0.25) is 0 Å². The van der Waals surface area contributed by atoms with Crippen LogP contribution < -0.4 is 11.3 Å². The third kappa shape index (κ3) is 3.70. The molecule has 3 N–H and O–H groups in total. The highest BCUT2D eigenvalue weighted by Gasteiger charge is 2.15. The first-order valence-corrected chi connectivity index (χ1v) is 6.95. The zero-order valence-electron chi connectivity index (χ0n) is 12.3. The van der Waals surface area contributed by atoms with Crippen LogP contribution in [0.3, 0.4) is 0 Å². The van der Waals surface area contributed by atoms with Crippen molar-refractivity contribution in [2.24, 2.45) is 11.8 Å². The van der Waals surface area contributed by atoms with Crippen LogP contribution in [0.1, 0.15) is 35.6 Å². The van der Waals surface area contributed by atoms with Gasteiger partial charge in [-0.15, -0.1) is 0 Å². The first-order valence-electron chi connectivity index (χ1n) is 6.95. The van der Waals surface area contributed by atoms with E-state index in [1.165, 1.54) is 12.1 Å². The Balaban J connectivity index is 2.35. The number of amides is 1. The molecular formula is C16H20FN3O. The zero-order valence-corrected chi connectivity index (χ0v) is 12.3. The second kappa shape index (κ2) is 6.54. The van der Waals surface area contributed by atoms with Crippen molar-refractivity contribution in [3.8, 4) is 0 Å². The van der Waals surface area contributed by atoms with Crippen molar-refractivity contribution in [2.75, 3.05) is 0 Å². The maximum absolute atomic E-state index is 13.0. The molecule has 5 heteroatoms. The normalized spacial score (nSPS) is 10.9. The molecule has 1 amide bonds. The van der Waals surface area contributed by atoms with Crippen molar-refractivity contribution in [2.45, 2.75) is 26.8 Å². The summed E-state index contributed by atoms with van der Waals surface area (Å²) in [6, 6.07) is 9.99. The van der Waals surface area contributed by atoms with E-state index in [4.69, 9.17) is 5.84 Å². The summed E-state index contributed by atoms with van der Waals surface area (Å²) in [4.78, 5) is 11.9. The van der Waals surface area contributed by atoms with Crippen LogP contribution in [0, 0.1) is 11.7 Å². The number of aromatic nitrogens is 1. The fourth-order valence-electron chi connectivity index (χ4n) is 2.34. The van der Waals surface area contributed by atoms with Crippen LogP contribution in [0.2, 0.25) is 0 Å². The Morgan fingerprint density at radius 2 is 1.90 bits per heavy atom. The standard InChI is InChI=1S/C16H20FN3O/c1-11(2)9-14-7-8-15(16(21)19-18)20(14)10-12-3-5-13(17)6-4-12/h3-8,11H,9-10,18H2,1-2H3,(H,19,21). The summed E-state index contributed by atoms with van der Waals surface area (Å²) in [7, 11) is 0. The summed E-state index contributed by atoms with van der Waals surface area (Å²) in [6.45, 7) is 4.76. The SMILES string of the molecule is CC(C)Cc1ccc(C(=O)NN)n1Cc1ccc(F)cc1. The maximum atomic E-state index is 13.0. The number of benzene rings is 1. The number of hydrogen-bond acceptors (Lipinski definition) is 2. The molecule has 0 saturated carbocycles. The number of carbonyl (C=O) groups excluding carboxylic acids is 1. The van der Waals surface area contributed by atoms with Crippen molar-refractivity contribution in [3.63, 3.8) is 0 Å². The van der Waals surface area contributed by atoms with E-state index in [2.05, 4.69) is 19.3 Å². The predicted octanol–water partition coefficient (Wildman–Crippen LogP) is 2.48. The van der Waals surface area contributed by atoms with Crippen LogP contribution in [0.5, 0.6) is 0 Å². The number of hydrogen-bond donors (Lipinski definition) is 2. The quantitative estimate of drug-likeness (QED) is 0.504. The zero-order chi connectivity index (χ0) is 15.4. The molecule has 0 saturated heterocycles. The first kappa shape index (κ1) is 15.3. The van der Waals surface area contributed by atoms with E-state index in [1.807, 2.05) is 10.6 Å². The van der Waals surface area contributed by atoms with E-state index in [-0.39, 0.29) is 11.7 Å². The summed E-state index contributed by atoms with van der Waals surface area (Å²) in [5.74, 6) is 5.11. The van der Waals surface area contributed by atoms with Gasteiger partial charge in [0.15, 0.2) is 0 Å². The smallest absolute Gasteiger partial charge is 0.281 e. The van der Waals surface area contributed by atoms with Crippen LogP contribution >= 0.6 is 0 Å². The van der Waals surface area contributed by atoms with Gasteiger partial charge >= 0.3 is 0 Å². The van der Waals surface area contributed by atoms with Gasteiger partial charge in [-0.05, 0) is 42.2 Å². The lowest BCUT2D eigenvalue weighted by molar-refractivity contribution is 0.0944. The second-order valence-corrected chi connectivity index (χ2v) is 5.49. The topological polar surface area (TPSA) is 60.1 Å². The van der Waals surface area contributed by atoms with E-state index in [9.17, 15) is 9.18 Å². The van der Waals surface area contributed by atoms with Gasteiger partial charge in [-0.25, -0.2) is 10.2 Å². The Bertz CT molecular complexity index is 617. The summed E-state index contributed by atoms with van der Waals surface area (Å²) in [6.07, 6.45) is 0.860. The van der Waals surface area contributed by atoms with Crippen molar-refractivity contribution < 1.29 is 9.18 Å². The van der Waals surface area contributed by atoms with Crippen LogP contribution in [0.15, 0.2) is 36.4 Å². The Kier molecular flexibility index (Phi) is 4.75. The molecule has 0 radical (unpaired) electrons. The fraction of sp³-hybridized carbons (Fsp3) is 0.312. The molecule has 0 fully saturated rings. The summed E-state index contributed by atoms with van der Waals surface area (Å²) in [5, 5.41) is 0. The minimum absolute atomic E-state index is 0.270. The molecule has 0 aliphatic rings. The van der Waals surface area contributed by atoms with Crippen molar-refractivity contribution in [1.82, 2.24) is 9.99 Å². The van der Waals surface area contributed by atoms with E-state index in [0.29, 0.717) is 18.2 Å². The second-order valence-electron chi connectivity index (χ2n) is 5.49. The van der Waals surface area contributed by atoms with E-state index in [0.717, 1.165) is 17.7 Å². The summed E-state index contributed by atoms with van der Waals surface area (Å²) < 4.78 is 14.9. The van der Waals surface area contributed by atoms with E-state index < -0.39 is 0 Å². The van der Waals surface area contributed by atoms with Crippen LogP contribution in [0.25, 0.3) is 0 Å². The van der Waals surface area contributed by atoms with Crippen molar-refractivity contribution in [1.29, 1.82) is 0 Å². The van der Waals surface area contributed by atoms with Crippen molar-refractivity contribution in [3.05, 3.63) is 59.2 Å². The molecule has 0 aliphatic carbocycles. The Labute approximate surface area is 123 Å². The highest BCUT2D eigenvalue weighted by atomic mass is 19.1. The third-order valence-electron chi connectivity index (χ3n) is 3.31. The highest BCUT2D eigenvalue weighted by Crippen LogP contribution is 2.16. The molecule has 2 aromatic rings. The average Bonchev–Trinajstić information content (AvgIpc) is 2.83. The number of hydrazine groups is 1. The molecule has 1 heterocycles. The molecule has 0 unspecified atom stereocenters. The molecule has 21 heavy (non-hydrogen) atoms. The molecule has 0 bridgehead atoms. The number of nitrogens with zero attached hydrogens (tertiary/aromatic N) is 1. The third-order valence-corrected chi connectivity index (χ3v) is 3.31. The van der Waals surface area contributed by atoms with Gasteiger partial charge in [0.05, 0.1) is 0 Å². The number of nitrogens with two attached hydrogens (primary N) is 1. The monoisotopic (exact) mass is 289 g/mol. The fourth-order valence-corrected chi connectivity index (χ4v) is 2.34. The van der Waals surface area contributed by atoms with Gasteiger partial charge in [0, 0.05) is 12.2 Å². The molecule has 0 aliphatic heterocycles. The van der Waals surface area contributed by atoms with Crippen molar-refractivity contribution >= 4 is 5.91 Å². The molecule has 112 valence electrons. The average molecular weight is 289 g/mol. The van der Waals surface area contributed by atoms with Gasteiger partial charge in [0.25, 0.3) is 5.91 Å². The summed E-state index contributed by atoms with van der Waals surface area (Å²) in [5.41, 5.74) is 4.67. The molecular weight excluding hydrogens is 269 g/mol. The molecule has 0 spiro atoms. The number of carbonyl (C=O) groups is 1. The molecule has 2 rings (SSSR count). The predicted molar refractivity (Wildman–Crippen MR) is 80.1 cm³/mol. The van der Waals surface area contributed by atoms with Crippen LogP contribution in [0.4, 0.5) is 4.39 Å². The minimum atomic E-state index is -0.327. The van der Waals surface area contributed by atoms with E-state index >= 15 is 0 Å². The Morgan fingerprint density at radius 1 is 1.24 bits per heavy atom. The Morgan fingerprint density at radius 3 is 2.48 bits per heavy atom. The van der Waals surface area contributed by atoms with E-state index in [1.54, 1.807) is 18.2 Å². The number of nitrogens with one attached hydrogen (secondary N) is 1.